The van der Waals surface area contributed by atoms with E-state index in [-0.39, 0.29) is 0 Å². The van der Waals surface area contributed by atoms with Gasteiger partial charge < -0.3 is 5.73 Å². The molecule has 0 aliphatic heterocycles. The molecule has 0 unspecified atom stereocenters. The Morgan fingerprint density at radius 3 is 2.61 bits per heavy atom. The van der Waals surface area contributed by atoms with Crippen molar-refractivity contribution >= 4 is 11.0 Å². The molecule has 0 aliphatic rings. The molecule has 0 aliphatic carbocycles. The summed E-state index contributed by atoms with van der Waals surface area (Å²) in [5.74, 6) is 0.991. The van der Waals surface area contributed by atoms with Crippen LogP contribution in [-0.4, -0.2) is 21.1 Å². The molecule has 18 heavy (non-hydrogen) atoms. The first-order chi connectivity index (χ1) is 8.90. The molecule has 0 saturated carbocycles. The van der Waals surface area contributed by atoms with E-state index in [1.165, 1.54) is 0 Å². The lowest BCUT2D eigenvalue weighted by atomic mass is 10.3. The molecule has 0 saturated heterocycles. The zero-order valence-corrected chi connectivity index (χ0v) is 9.95. The maximum atomic E-state index is 5.66. The standard InChI is InChI=1S/C14H14N4/c15-8-5-14-17-12-3-1-2-4-13(12)18(14)11-6-9-16-10-7-11/h1-4,6-7,9-10H,5,8,15H2. The zero-order valence-electron chi connectivity index (χ0n) is 9.95. The van der Waals surface area contributed by atoms with Gasteiger partial charge in [-0.25, -0.2) is 4.98 Å². The average Bonchev–Trinajstić information content (AvgIpc) is 2.78. The van der Waals surface area contributed by atoms with Gasteiger partial charge in [-0.3, -0.25) is 9.55 Å². The van der Waals surface area contributed by atoms with Crippen molar-refractivity contribution in [1.29, 1.82) is 0 Å². The third kappa shape index (κ3) is 1.76. The number of aromatic nitrogens is 3. The number of fused-ring (bicyclic) bond motifs is 1. The number of para-hydroxylation sites is 2. The van der Waals surface area contributed by atoms with Crippen LogP contribution in [0.4, 0.5) is 0 Å². The van der Waals surface area contributed by atoms with Crippen molar-refractivity contribution in [3.63, 3.8) is 0 Å². The van der Waals surface area contributed by atoms with Gasteiger partial charge in [0.05, 0.1) is 16.7 Å². The van der Waals surface area contributed by atoms with E-state index in [1.54, 1.807) is 12.4 Å². The molecule has 0 spiro atoms. The molecule has 2 heterocycles. The number of hydrogen-bond donors (Lipinski definition) is 1. The average molecular weight is 238 g/mol. The molecule has 4 heteroatoms. The maximum absolute atomic E-state index is 5.66. The highest BCUT2D eigenvalue weighted by molar-refractivity contribution is 5.78. The van der Waals surface area contributed by atoms with Crippen molar-refractivity contribution < 1.29 is 0 Å². The third-order valence-electron chi connectivity index (χ3n) is 2.92. The normalized spacial score (nSPS) is 10.9. The second-order valence-electron chi connectivity index (χ2n) is 4.10. The summed E-state index contributed by atoms with van der Waals surface area (Å²) in [4.78, 5) is 8.69. The molecule has 0 bridgehead atoms. The van der Waals surface area contributed by atoms with E-state index >= 15 is 0 Å². The lowest BCUT2D eigenvalue weighted by Crippen LogP contribution is -2.08. The van der Waals surface area contributed by atoms with Crippen LogP contribution in [0.1, 0.15) is 5.82 Å². The molecule has 2 aromatic heterocycles. The zero-order chi connectivity index (χ0) is 12.4. The van der Waals surface area contributed by atoms with Crippen molar-refractivity contribution in [2.75, 3.05) is 6.54 Å². The maximum Gasteiger partial charge on any atom is 0.115 e. The SMILES string of the molecule is NCCc1nc2ccccc2n1-c1ccncc1. The number of imidazole rings is 1. The van der Waals surface area contributed by atoms with Gasteiger partial charge in [-0.1, -0.05) is 12.1 Å². The van der Waals surface area contributed by atoms with Crippen molar-refractivity contribution in [2.24, 2.45) is 5.73 Å². The summed E-state index contributed by atoms with van der Waals surface area (Å²) in [6.45, 7) is 0.592. The molecule has 4 nitrogen and oxygen atoms in total. The van der Waals surface area contributed by atoms with E-state index in [0.29, 0.717) is 6.54 Å². The highest BCUT2D eigenvalue weighted by Crippen LogP contribution is 2.21. The second kappa shape index (κ2) is 4.58. The van der Waals surface area contributed by atoms with E-state index in [1.807, 2.05) is 30.3 Å². The van der Waals surface area contributed by atoms with Crippen molar-refractivity contribution in [2.45, 2.75) is 6.42 Å². The largest absolute Gasteiger partial charge is 0.330 e. The van der Waals surface area contributed by atoms with Crippen LogP contribution in [0.5, 0.6) is 0 Å². The third-order valence-corrected chi connectivity index (χ3v) is 2.92. The van der Waals surface area contributed by atoms with Gasteiger partial charge in [0, 0.05) is 18.8 Å². The first kappa shape index (κ1) is 10.9. The van der Waals surface area contributed by atoms with Crippen LogP contribution in [0.15, 0.2) is 48.8 Å². The van der Waals surface area contributed by atoms with Crippen LogP contribution in [-0.2, 0) is 6.42 Å². The van der Waals surface area contributed by atoms with Crippen LogP contribution >= 0.6 is 0 Å². The summed E-state index contributed by atoms with van der Waals surface area (Å²) in [6, 6.07) is 12.1. The van der Waals surface area contributed by atoms with Crippen molar-refractivity contribution in [3.05, 3.63) is 54.6 Å². The minimum absolute atomic E-state index is 0.592. The minimum Gasteiger partial charge on any atom is -0.330 e. The molecule has 2 N–H and O–H groups in total. The Morgan fingerprint density at radius 2 is 1.83 bits per heavy atom. The Kier molecular flexibility index (Phi) is 2.78. The molecule has 3 aromatic rings. The summed E-state index contributed by atoms with van der Waals surface area (Å²) in [6.07, 6.45) is 4.34. The molecule has 0 radical (unpaired) electrons. The monoisotopic (exact) mass is 238 g/mol. The Labute approximate surface area is 105 Å². The fourth-order valence-electron chi connectivity index (χ4n) is 2.15. The number of nitrogens with two attached hydrogens (primary N) is 1. The first-order valence-corrected chi connectivity index (χ1v) is 5.97. The van der Waals surface area contributed by atoms with E-state index < -0.39 is 0 Å². The molecule has 0 atom stereocenters. The molecule has 1 aromatic carbocycles. The molecule has 3 rings (SSSR count). The Balaban J connectivity index is 2.28. The van der Waals surface area contributed by atoms with Gasteiger partial charge in [0.25, 0.3) is 0 Å². The van der Waals surface area contributed by atoms with Gasteiger partial charge in [0.1, 0.15) is 5.82 Å². The fraction of sp³-hybridized carbons (Fsp3) is 0.143. The summed E-state index contributed by atoms with van der Waals surface area (Å²) in [5.41, 5.74) is 8.84. The van der Waals surface area contributed by atoms with E-state index in [2.05, 4.69) is 20.6 Å². The second-order valence-corrected chi connectivity index (χ2v) is 4.10. The van der Waals surface area contributed by atoms with Crippen LogP contribution in [0.25, 0.3) is 16.7 Å². The van der Waals surface area contributed by atoms with Crippen molar-refractivity contribution in [1.82, 2.24) is 14.5 Å². The van der Waals surface area contributed by atoms with Gasteiger partial charge in [-0.2, -0.15) is 0 Å². The topological polar surface area (TPSA) is 56.7 Å². The van der Waals surface area contributed by atoms with E-state index in [0.717, 1.165) is 29.0 Å². The molecular weight excluding hydrogens is 224 g/mol. The van der Waals surface area contributed by atoms with E-state index in [4.69, 9.17) is 5.73 Å². The lowest BCUT2D eigenvalue weighted by Gasteiger charge is -2.07. The number of rotatable bonds is 3. The predicted octanol–water partition coefficient (Wildman–Crippen LogP) is 1.92. The number of hydrogen-bond acceptors (Lipinski definition) is 3. The Hall–Kier alpha value is -2.20. The van der Waals surface area contributed by atoms with E-state index in [9.17, 15) is 0 Å². The minimum atomic E-state index is 0.592. The van der Waals surface area contributed by atoms with Gasteiger partial charge in [0.2, 0.25) is 0 Å². The predicted molar refractivity (Wildman–Crippen MR) is 71.6 cm³/mol. The number of nitrogens with zero attached hydrogens (tertiary/aromatic N) is 3. The summed E-state index contributed by atoms with van der Waals surface area (Å²) < 4.78 is 2.14. The van der Waals surface area contributed by atoms with Crippen LogP contribution in [0.3, 0.4) is 0 Å². The highest BCUT2D eigenvalue weighted by Gasteiger charge is 2.10. The van der Waals surface area contributed by atoms with Crippen LogP contribution in [0.2, 0.25) is 0 Å². The molecular formula is C14H14N4. The quantitative estimate of drug-likeness (QED) is 0.758. The van der Waals surface area contributed by atoms with Gasteiger partial charge in [-0.05, 0) is 30.8 Å². The Bertz CT molecular complexity index is 658. The van der Waals surface area contributed by atoms with Gasteiger partial charge in [-0.15, -0.1) is 0 Å². The van der Waals surface area contributed by atoms with Gasteiger partial charge >= 0.3 is 0 Å². The number of benzene rings is 1. The summed E-state index contributed by atoms with van der Waals surface area (Å²) >= 11 is 0. The van der Waals surface area contributed by atoms with Crippen LogP contribution < -0.4 is 5.73 Å². The number of pyridine rings is 1. The van der Waals surface area contributed by atoms with Crippen LogP contribution in [0, 0.1) is 0 Å². The smallest absolute Gasteiger partial charge is 0.115 e. The fourth-order valence-corrected chi connectivity index (χ4v) is 2.15. The molecule has 0 fully saturated rings. The first-order valence-electron chi connectivity index (χ1n) is 5.97. The highest BCUT2D eigenvalue weighted by atomic mass is 15.1. The molecule has 90 valence electrons. The molecule has 0 amide bonds. The Morgan fingerprint density at radius 1 is 1.06 bits per heavy atom. The van der Waals surface area contributed by atoms with Gasteiger partial charge in [0.15, 0.2) is 0 Å². The summed E-state index contributed by atoms with van der Waals surface area (Å²) in [7, 11) is 0. The lowest BCUT2D eigenvalue weighted by molar-refractivity contribution is 0.847. The van der Waals surface area contributed by atoms with Crippen molar-refractivity contribution in [3.8, 4) is 5.69 Å². The summed E-state index contributed by atoms with van der Waals surface area (Å²) in [5, 5.41) is 0.